The van der Waals surface area contributed by atoms with E-state index in [2.05, 4.69) is 37.5 Å². The molecule has 152 valence electrons. The van der Waals surface area contributed by atoms with Crippen molar-refractivity contribution in [2.45, 2.75) is 25.6 Å². The number of ether oxygens (including phenoxy) is 1. The van der Waals surface area contributed by atoms with E-state index in [0.717, 1.165) is 11.3 Å². The number of nitrogens with zero attached hydrogens (tertiary/aromatic N) is 3. The van der Waals surface area contributed by atoms with Gasteiger partial charge in [-0.25, -0.2) is 4.39 Å². The maximum atomic E-state index is 13.8. The minimum atomic E-state index is -0.498. The molecule has 0 unspecified atom stereocenters. The van der Waals surface area contributed by atoms with Gasteiger partial charge in [0.2, 0.25) is 5.91 Å². The van der Waals surface area contributed by atoms with Crippen LogP contribution in [-0.2, 0) is 18.4 Å². The van der Waals surface area contributed by atoms with E-state index in [1.54, 1.807) is 10.6 Å². The van der Waals surface area contributed by atoms with Gasteiger partial charge in [-0.05, 0) is 43.7 Å². The maximum Gasteiger partial charge on any atom is 0.234 e. The lowest BCUT2D eigenvalue weighted by Crippen LogP contribution is -2.15. The average molecular weight is 479 g/mol. The highest BCUT2D eigenvalue weighted by atomic mass is 79.9. The van der Waals surface area contributed by atoms with Crippen LogP contribution < -0.4 is 10.1 Å². The van der Waals surface area contributed by atoms with Crippen LogP contribution in [-0.4, -0.2) is 26.4 Å². The molecule has 9 heteroatoms. The third-order valence-electron chi connectivity index (χ3n) is 4.15. The first-order valence-electron chi connectivity index (χ1n) is 8.79. The minimum Gasteiger partial charge on any atom is -0.485 e. The van der Waals surface area contributed by atoms with Gasteiger partial charge in [0, 0.05) is 11.5 Å². The second-order valence-corrected chi connectivity index (χ2v) is 8.33. The van der Waals surface area contributed by atoms with Crippen molar-refractivity contribution in [3.63, 3.8) is 0 Å². The quantitative estimate of drug-likeness (QED) is 0.500. The molecule has 29 heavy (non-hydrogen) atoms. The van der Waals surface area contributed by atoms with Gasteiger partial charge in [0.1, 0.15) is 18.2 Å². The largest absolute Gasteiger partial charge is 0.485 e. The summed E-state index contributed by atoms with van der Waals surface area (Å²) in [6.07, 6.45) is 0. The van der Waals surface area contributed by atoms with Gasteiger partial charge in [-0.15, -0.1) is 10.2 Å². The first kappa shape index (κ1) is 21.3. The molecule has 1 aromatic heterocycles. The lowest BCUT2D eigenvalue weighted by molar-refractivity contribution is -0.113. The number of carbonyl (C=O) groups is 1. The molecule has 0 aliphatic rings. The Balaban J connectivity index is 1.55. The molecule has 1 heterocycles. The fourth-order valence-corrected chi connectivity index (χ4v) is 3.67. The molecule has 3 rings (SSSR count). The Labute approximate surface area is 181 Å². The standard InChI is InChI=1S/C20H20BrFN4O2S/c1-12-4-7-17(13(2)8-12)28-10-18-24-25-20(26(18)3)29-11-19(27)23-16-6-5-14(21)9-15(16)22/h4-9H,10-11H2,1-3H3,(H,23,27). The lowest BCUT2D eigenvalue weighted by Gasteiger charge is -2.10. The van der Waals surface area contributed by atoms with E-state index in [-0.39, 0.29) is 24.0 Å². The number of hydrogen-bond acceptors (Lipinski definition) is 5. The summed E-state index contributed by atoms with van der Waals surface area (Å²) < 4.78 is 22.1. The van der Waals surface area contributed by atoms with Crippen LogP contribution in [0.1, 0.15) is 17.0 Å². The summed E-state index contributed by atoms with van der Waals surface area (Å²) >= 11 is 4.40. The zero-order chi connectivity index (χ0) is 21.0. The highest BCUT2D eigenvalue weighted by Gasteiger charge is 2.14. The van der Waals surface area contributed by atoms with Crippen LogP contribution in [0.2, 0.25) is 0 Å². The zero-order valence-electron chi connectivity index (χ0n) is 16.2. The number of thioether (sulfide) groups is 1. The van der Waals surface area contributed by atoms with Crippen LogP contribution in [0, 0.1) is 19.7 Å². The van der Waals surface area contributed by atoms with Crippen LogP contribution in [0.25, 0.3) is 0 Å². The van der Waals surface area contributed by atoms with Gasteiger partial charge in [-0.3, -0.25) is 4.79 Å². The predicted octanol–water partition coefficient (Wildman–Crippen LogP) is 4.64. The Morgan fingerprint density at radius 1 is 1.24 bits per heavy atom. The van der Waals surface area contributed by atoms with Crippen molar-refractivity contribution < 1.29 is 13.9 Å². The molecular formula is C20H20BrFN4O2S. The summed E-state index contributed by atoms with van der Waals surface area (Å²) in [6, 6.07) is 10.5. The number of nitrogens with one attached hydrogen (secondary N) is 1. The van der Waals surface area contributed by atoms with Crippen LogP contribution in [0.3, 0.4) is 0 Å². The molecule has 0 saturated carbocycles. The van der Waals surface area contributed by atoms with Gasteiger partial charge >= 0.3 is 0 Å². The molecule has 2 aromatic carbocycles. The van der Waals surface area contributed by atoms with E-state index < -0.39 is 5.82 Å². The fraction of sp³-hybridized carbons (Fsp3) is 0.250. The van der Waals surface area contributed by atoms with Gasteiger partial charge < -0.3 is 14.6 Å². The highest BCUT2D eigenvalue weighted by molar-refractivity contribution is 9.10. The zero-order valence-corrected chi connectivity index (χ0v) is 18.6. The Morgan fingerprint density at radius 3 is 2.76 bits per heavy atom. The normalized spacial score (nSPS) is 10.8. The first-order chi connectivity index (χ1) is 13.8. The van der Waals surface area contributed by atoms with E-state index in [1.165, 1.54) is 29.5 Å². The Bertz CT molecular complexity index is 1040. The number of aryl methyl sites for hydroxylation is 2. The van der Waals surface area contributed by atoms with Crippen LogP contribution in [0.15, 0.2) is 46.0 Å². The monoisotopic (exact) mass is 478 g/mol. The Hall–Kier alpha value is -2.39. The van der Waals surface area contributed by atoms with Crippen molar-refractivity contribution in [2.75, 3.05) is 11.1 Å². The number of halogens is 2. The Morgan fingerprint density at radius 2 is 2.03 bits per heavy atom. The number of hydrogen-bond donors (Lipinski definition) is 1. The smallest absolute Gasteiger partial charge is 0.234 e. The van der Waals surface area contributed by atoms with E-state index in [1.807, 2.05) is 33.0 Å². The van der Waals surface area contributed by atoms with Crippen LogP contribution in [0.4, 0.5) is 10.1 Å². The molecule has 0 fully saturated rings. The topological polar surface area (TPSA) is 69.0 Å². The summed E-state index contributed by atoms with van der Waals surface area (Å²) in [4.78, 5) is 12.1. The number of amides is 1. The van der Waals surface area contributed by atoms with E-state index in [4.69, 9.17) is 4.74 Å². The molecule has 0 radical (unpaired) electrons. The summed E-state index contributed by atoms with van der Waals surface area (Å²) in [6.45, 7) is 4.29. The van der Waals surface area contributed by atoms with Crippen molar-refractivity contribution in [2.24, 2.45) is 7.05 Å². The molecule has 3 aromatic rings. The van der Waals surface area contributed by atoms with Crippen molar-refractivity contribution in [3.8, 4) is 5.75 Å². The second kappa shape index (κ2) is 9.41. The third-order valence-corrected chi connectivity index (χ3v) is 5.66. The van der Waals surface area contributed by atoms with Crippen molar-refractivity contribution in [3.05, 3.63) is 63.6 Å². The van der Waals surface area contributed by atoms with Crippen molar-refractivity contribution in [1.82, 2.24) is 14.8 Å². The number of rotatable bonds is 7. The van der Waals surface area contributed by atoms with Gasteiger partial charge in [-0.2, -0.15) is 0 Å². The minimum absolute atomic E-state index is 0.0827. The summed E-state index contributed by atoms with van der Waals surface area (Å²) in [5.41, 5.74) is 2.37. The predicted molar refractivity (Wildman–Crippen MR) is 115 cm³/mol. The number of aromatic nitrogens is 3. The first-order valence-corrected chi connectivity index (χ1v) is 10.6. The van der Waals surface area contributed by atoms with Crippen LogP contribution in [0.5, 0.6) is 5.75 Å². The highest BCUT2D eigenvalue weighted by Crippen LogP contribution is 2.22. The van der Waals surface area contributed by atoms with E-state index >= 15 is 0 Å². The molecule has 0 aliphatic carbocycles. The summed E-state index contributed by atoms with van der Waals surface area (Å²) in [5, 5.41) is 11.4. The molecule has 6 nitrogen and oxygen atoms in total. The molecule has 0 bridgehead atoms. The van der Waals surface area contributed by atoms with E-state index in [0.29, 0.717) is 15.5 Å². The number of anilines is 1. The summed E-state index contributed by atoms with van der Waals surface area (Å²) in [5.74, 6) is 0.699. The fourth-order valence-electron chi connectivity index (χ4n) is 2.61. The van der Waals surface area contributed by atoms with Gasteiger partial charge in [0.05, 0.1) is 11.4 Å². The second-order valence-electron chi connectivity index (χ2n) is 6.48. The molecule has 1 N–H and O–H groups in total. The van der Waals surface area contributed by atoms with Gasteiger partial charge in [0.25, 0.3) is 0 Å². The SMILES string of the molecule is Cc1ccc(OCc2nnc(SCC(=O)Nc3ccc(Br)cc3F)n2C)c(C)c1. The molecule has 1 amide bonds. The molecule has 0 spiro atoms. The molecule has 0 aliphatic heterocycles. The van der Waals surface area contributed by atoms with Gasteiger partial charge in [0.15, 0.2) is 11.0 Å². The Kier molecular flexibility index (Phi) is 6.92. The number of benzene rings is 2. The lowest BCUT2D eigenvalue weighted by atomic mass is 10.1. The average Bonchev–Trinajstić information content (AvgIpc) is 3.01. The van der Waals surface area contributed by atoms with E-state index in [9.17, 15) is 9.18 Å². The molecule has 0 atom stereocenters. The summed E-state index contributed by atoms with van der Waals surface area (Å²) in [7, 11) is 1.81. The molecular weight excluding hydrogens is 459 g/mol. The van der Waals surface area contributed by atoms with Crippen molar-refractivity contribution in [1.29, 1.82) is 0 Å². The molecule has 0 saturated heterocycles. The van der Waals surface area contributed by atoms with Crippen molar-refractivity contribution >= 4 is 39.3 Å². The van der Waals surface area contributed by atoms with Crippen LogP contribution >= 0.6 is 27.7 Å². The third kappa shape index (κ3) is 5.57. The van der Waals surface area contributed by atoms with Gasteiger partial charge in [-0.1, -0.05) is 45.4 Å². The number of carbonyl (C=O) groups excluding carboxylic acids is 1. The maximum absolute atomic E-state index is 13.8.